The molecule has 1 fully saturated rings. The molecule has 0 unspecified atom stereocenters. The molecule has 1 heterocycles. The van der Waals surface area contributed by atoms with Crippen molar-refractivity contribution in [2.45, 2.75) is 6.10 Å². The molecule has 9 heteroatoms. The monoisotopic (exact) mass is 399 g/mol. The van der Waals surface area contributed by atoms with Crippen LogP contribution < -0.4 is 9.47 Å². The van der Waals surface area contributed by atoms with Crippen molar-refractivity contribution in [3.63, 3.8) is 0 Å². The summed E-state index contributed by atoms with van der Waals surface area (Å²) in [6, 6.07) is 7.30. The fourth-order valence-corrected chi connectivity index (χ4v) is 2.82. The Morgan fingerprint density at radius 1 is 1.14 bits per heavy atom. The van der Waals surface area contributed by atoms with E-state index in [-0.39, 0.29) is 26.3 Å². The molecule has 0 aromatic heterocycles. The summed E-state index contributed by atoms with van der Waals surface area (Å²) in [4.78, 5) is 13.6. The Balaban J connectivity index is 1.69. The Morgan fingerprint density at radius 3 is 2.57 bits per heavy atom. The normalized spacial score (nSPS) is 16.8. The van der Waals surface area contributed by atoms with Crippen LogP contribution in [0.1, 0.15) is 10.4 Å². The van der Waals surface area contributed by atoms with Gasteiger partial charge in [-0.2, -0.15) is 0 Å². The third-order valence-electron chi connectivity index (χ3n) is 4.25. The number of morpholine rings is 1. The zero-order valence-corrected chi connectivity index (χ0v) is 14.9. The van der Waals surface area contributed by atoms with Crippen LogP contribution in [-0.2, 0) is 4.74 Å². The highest BCUT2D eigenvalue weighted by Crippen LogP contribution is 2.26. The second-order valence-electron chi connectivity index (χ2n) is 6.05. The fraction of sp³-hybridized carbons (Fsp3) is 0.316. The highest BCUT2D eigenvalue weighted by Gasteiger charge is 2.30. The van der Waals surface area contributed by atoms with E-state index in [4.69, 9.17) is 14.2 Å². The third kappa shape index (κ3) is 4.04. The van der Waals surface area contributed by atoms with E-state index < -0.39 is 40.8 Å². The molecule has 28 heavy (non-hydrogen) atoms. The Hall–Kier alpha value is -2.81. The number of carbonyl (C=O) groups excluding carboxylic acids is 1. The van der Waals surface area contributed by atoms with Gasteiger partial charge in [-0.3, -0.25) is 4.79 Å². The molecule has 0 radical (unpaired) electrons. The molecule has 1 atom stereocenters. The molecule has 1 aliphatic rings. The van der Waals surface area contributed by atoms with Crippen molar-refractivity contribution in [3.8, 4) is 11.5 Å². The molecule has 2 aromatic rings. The number of carbonyl (C=O) groups is 1. The van der Waals surface area contributed by atoms with Crippen molar-refractivity contribution in [2.24, 2.45) is 0 Å². The summed E-state index contributed by atoms with van der Waals surface area (Å²) in [7, 11) is 1.50. The molecule has 1 aliphatic heterocycles. The topological polar surface area (TPSA) is 48.0 Å². The number of benzene rings is 2. The van der Waals surface area contributed by atoms with Gasteiger partial charge in [0.05, 0.1) is 25.8 Å². The number of para-hydroxylation sites is 2. The lowest BCUT2D eigenvalue weighted by Crippen LogP contribution is -2.48. The minimum absolute atomic E-state index is 0.00797. The molecule has 0 spiro atoms. The van der Waals surface area contributed by atoms with Crippen molar-refractivity contribution in [1.82, 2.24) is 4.90 Å². The molecule has 1 amide bonds. The Labute approximate surface area is 158 Å². The highest BCUT2D eigenvalue weighted by atomic mass is 19.2. The number of hydrogen-bond acceptors (Lipinski definition) is 4. The zero-order chi connectivity index (χ0) is 20.3. The van der Waals surface area contributed by atoms with Crippen molar-refractivity contribution in [3.05, 3.63) is 59.2 Å². The van der Waals surface area contributed by atoms with Crippen LogP contribution >= 0.6 is 0 Å². The van der Waals surface area contributed by atoms with E-state index in [1.54, 1.807) is 24.3 Å². The summed E-state index contributed by atoms with van der Waals surface area (Å²) in [5.74, 6) is -7.30. The minimum atomic E-state index is -2.02. The average molecular weight is 399 g/mol. The van der Waals surface area contributed by atoms with Crippen LogP contribution in [0.2, 0.25) is 0 Å². The van der Waals surface area contributed by atoms with Crippen LogP contribution in [0.4, 0.5) is 17.6 Å². The van der Waals surface area contributed by atoms with Gasteiger partial charge < -0.3 is 19.1 Å². The Morgan fingerprint density at radius 2 is 1.86 bits per heavy atom. The zero-order valence-electron chi connectivity index (χ0n) is 14.9. The van der Waals surface area contributed by atoms with Crippen LogP contribution in [0.25, 0.3) is 0 Å². The number of halogens is 4. The van der Waals surface area contributed by atoms with Crippen LogP contribution in [0.3, 0.4) is 0 Å². The molecule has 3 rings (SSSR count). The number of nitrogens with zero attached hydrogens (tertiary/aromatic N) is 1. The molecule has 150 valence electrons. The third-order valence-corrected chi connectivity index (χ3v) is 4.25. The fourth-order valence-electron chi connectivity index (χ4n) is 2.82. The van der Waals surface area contributed by atoms with Gasteiger partial charge in [0.2, 0.25) is 0 Å². The lowest BCUT2D eigenvalue weighted by atomic mass is 10.1. The van der Waals surface area contributed by atoms with E-state index in [0.717, 1.165) is 0 Å². The second-order valence-corrected chi connectivity index (χ2v) is 6.05. The molecule has 2 aromatic carbocycles. The van der Waals surface area contributed by atoms with Gasteiger partial charge in [0.15, 0.2) is 34.8 Å². The van der Waals surface area contributed by atoms with E-state index in [0.29, 0.717) is 17.6 Å². The first-order chi connectivity index (χ1) is 13.4. The first-order valence-corrected chi connectivity index (χ1v) is 8.42. The van der Waals surface area contributed by atoms with Gasteiger partial charge in [0.25, 0.3) is 5.91 Å². The predicted molar refractivity (Wildman–Crippen MR) is 90.4 cm³/mol. The lowest BCUT2D eigenvalue weighted by molar-refractivity contribution is -0.0405. The van der Waals surface area contributed by atoms with Crippen LogP contribution in [0.5, 0.6) is 11.5 Å². The number of hydrogen-bond donors (Lipinski definition) is 0. The van der Waals surface area contributed by atoms with Crippen molar-refractivity contribution >= 4 is 5.91 Å². The van der Waals surface area contributed by atoms with Gasteiger partial charge in [0, 0.05) is 6.54 Å². The average Bonchev–Trinajstić information content (AvgIpc) is 2.73. The molecule has 0 aliphatic carbocycles. The summed E-state index contributed by atoms with van der Waals surface area (Å²) in [5.41, 5.74) is -0.873. The van der Waals surface area contributed by atoms with Gasteiger partial charge in [-0.15, -0.1) is 0 Å². The molecule has 1 saturated heterocycles. The maximum Gasteiger partial charge on any atom is 0.257 e. The van der Waals surface area contributed by atoms with Crippen molar-refractivity contribution in [1.29, 1.82) is 0 Å². The summed E-state index contributed by atoms with van der Waals surface area (Å²) in [6.45, 7) is 0.288. The molecule has 0 saturated carbocycles. The second kappa shape index (κ2) is 8.47. The van der Waals surface area contributed by atoms with Gasteiger partial charge in [-0.25, -0.2) is 17.6 Å². The standard InChI is InChI=1S/C19H17F4NO4/c1-26-14-4-2-3-5-15(14)28-10-11-9-24(6-7-27-11)19(25)12-8-13(20)17(22)18(23)16(12)21/h2-5,8,11H,6-7,9-10H2,1H3/t11-/m1/s1. The molecular weight excluding hydrogens is 382 g/mol. The van der Waals surface area contributed by atoms with Crippen molar-refractivity contribution < 1.29 is 36.6 Å². The summed E-state index contributed by atoms with van der Waals surface area (Å²) in [5, 5.41) is 0. The first kappa shape index (κ1) is 19.9. The van der Waals surface area contributed by atoms with E-state index in [2.05, 4.69) is 0 Å². The SMILES string of the molecule is COc1ccccc1OC[C@H]1CN(C(=O)c2cc(F)c(F)c(F)c2F)CCO1. The van der Waals surface area contributed by atoms with E-state index in [1.165, 1.54) is 12.0 Å². The van der Waals surface area contributed by atoms with Crippen molar-refractivity contribution in [2.75, 3.05) is 33.4 Å². The number of ether oxygens (including phenoxy) is 3. The van der Waals surface area contributed by atoms with E-state index in [9.17, 15) is 22.4 Å². The molecule has 0 bridgehead atoms. The number of methoxy groups -OCH3 is 1. The van der Waals surface area contributed by atoms with Gasteiger partial charge >= 0.3 is 0 Å². The molecular formula is C19H17F4NO4. The van der Waals surface area contributed by atoms with Crippen LogP contribution in [-0.4, -0.2) is 50.3 Å². The van der Waals surface area contributed by atoms with Gasteiger partial charge in [-0.1, -0.05) is 12.1 Å². The largest absolute Gasteiger partial charge is 0.493 e. The quantitative estimate of drug-likeness (QED) is 0.440. The number of amides is 1. The lowest BCUT2D eigenvalue weighted by Gasteiger charge is -2.33. The summed E-state index contributed by atoms with van der Waals surface area (Å²) < 4.78 is 70.2. The number of rotatable bonds is 5. The predicted octanol–water partition coefficient (Wildman–Crippen LogP) is 3.17. The summed E-state index contributed by atoms with van der Waals surface area (Å²) in [6.07, 6.45) is -0.555. The van der Waals surface area contributed by atoms with Crippen LogP contribution in [0.15, 0.2) is 30.3 Å². The highest BCUT2D eigenvalue weighted by molar-refractivity contribution is 5.94. The first-order valence-electron chi connectivity index (χ1n) is 8.42. The minimum Gasteiger partial charge on any atom is -0.493 e. The maximum atomic E-state index is 13.9. The van der Waals surface area contributed by atoms with E-state index in [1.807, 2.05) is 0 Å². The Kier molecular flexibility index (Phi) is 6.03. The van der Waals surface area contributed by atoms with Crippen LogP contribution in [0, 0.1) is 23.3 Å². The smallest absolute Gasteiger partial charge is 0.257 e. The molecule has 5 nitrogen and oxygen atoms in total. The van der Waals surface area contributed by atoms with E-state index >= 15 is 0 Å². The van der Waals surface area contributed by atoms with Gasteiger partial charge in [0.1, 0.15) is 12.7 Å². The Bertz CT molecular complexity index is 877. The molecule has 0 N–H and O–H groups in total. The van der Waals surface area contributed by atoms with Gasteiger partial charge in [-0.05, 0) is 18.2 Å². The summed E-state index contributed by atoms with van der Waals surface area (Å²) >= 11 is 0. The maximum absolute atomic E-state index is 13.9.